The monoisotopic (exact) mass is 365 g/mol. The smallest absolute Gasteiger partial charge is 0.142 e. The summed E-state index contributed by atoms with van der Waals surface area (Å²) in [6.07, 6.45) is 0. The highest BCUT2D eigenvalue weighted by molar-refractivity contribution is 9.08. The Morgan fingerprint density at radius 1 is 0.818 bits per heavy atom. The van der Waals surface area contributed by atoms with Crippen LogP contribution in [0.25, 0.3) is 0 Å². The van der Waals surface area contributed by atoms with E-state index in [9.17, 15) is 0 Å². The van der Waals surface area contributed by atoms with Crippen molar-refractivity contribution in [2.45, 2.75) is 40.8 Å². The van der Waals surface area contributed by atoms with Gasteiger partial charge >= 0.3 is 0 Å². The van der Waals surface area contributed by atoms with Gasteiger partial charge < -0.3 is 10.1 Å². The maximum Gasteiger partial charge on any atom is 0.142 e. The van der Waals surface area contributed by atoms with Gasteiger partial charge in [-0.25, -0.2) is 0 Å². The summed E-state index contributed by atoms with van der Waals surface area (Å²) in [5, 5.41) is 3.40. The molecule has 0 fully saturated rings. The number of nitrogens with one attached hydrogen (secondary N) is 1. The summed E-state index contributed by atoms with van der Waals surface area (Å²) in [7, 11) is 0. The minimum atomic E-state index is 0.648. The van der Waals surface area contributed by atoms with Gasteiger partial charge in [0.1, 0.15) is 12.4 Å². The number of fused-ring (bicyclic) bond motifs is 2. The molecule has 0 aromatic heterocycles. The summed E-state index contributed by atoms with van der Waals surface area (Å²) in [4.78, 5) is 0. The lowest BCUT2D eigenvalue weighted by atomic mass is 10.1. The Morgan fingerprint density at radius 3 is 2.05 bits per heavy atom. The van der Waals surface area contributed by atoms with Crippen molar-refractivity contribution in [1.29, 1.82) is 0 Å². The van der Waals surface area contributed by atoms with E-state index in [0.717, 1.165) is 18.0 Å². The third kappa shape index (κ3) is 6.10. The fourth-order valence-corrected chi connectivity index (χ4v) is 1.96. The molecule has 0 unspecified atom stereocenters. The first-order valence-electron chi connectivity index (χ1n) is 7.84. The van der Waals surface area contributed by atoms with Crippen LogP contribution in [0, 0.1) is 0 Å². The molecule has 1 aliphatic heterocycles. The van der Waals surface area contributed by atoms with E-state index in [2.05, 4.69) is 45.5 Å². The average Bonchev–Trinajstić information content (AvgIpc) is 2.62. The van der Waals surface area contributed by atoms with E-state index in [4.69, 9.17) is 4.74 Å². The van der Waals surface area contributed by atoms with Gasteiger partial charge in [-0.1, -0.05) is 80.0 Å². The molecule has 122 valence electrons. The standard InChI is InChI=1S/C14H13NO.2C2H6.CH3Br/c1-2-6-12-10-16-14-8-4-3-7-13(14)15-9-11(12)5-1;3*1-2/h1-8,15H,9-10H2;2*1-2H3;1H3. The maximum atomic E-state index is 5.79. The van der Waals surface area contributed by atoms with E-state index in [1.54, 1.807) is 0 Å². The van der Waals surface area contributed by atoms with E-state index in [1.165, 1.54) is 11.1 Å². The zero-order chi connectivity index (χ0) is 16.8. The van der Waals surface area contributed by atoms with Gasteiger partial charge in [-0.05, 0) is 29.1 Å². The molecule has 3 rings (SSSR count). The molecule has 2 aromatic carbocycles. The van der Waals surface area contributed by atoms with Crippen LogP contribution in [0.1, 0.15) is 38.8 Å². The molecule has 1 aliphatic rings. The van der Waals surface area contributed by atoms with Gasteiger partial charge in [0.15, 0.2) is 0 Å². The lowest BCUT2D eigenvalue weighted by Gasteiger charge is -2.19. The van der Waals surface area contributed by atoms with Crippen LogP contribution in [-0.4, -0.2) is 5.83 Å². The fourth-order valence-electron chi connectivity index (χ4n) is 1.96. The van der Waals surface area contributed by atoms with Gasteiger partial charge in [0.05, 0.1) is 5.69 Å². The Hall–Kier alpha value is -1.48. The molecule has 0 saturated heterocycles. The number of hydrogen-bond acceptors (Lipinski definition) is 2. The molecule has 22 heavy (non-hydrogen) atoms. The zero-order valence-electron chi connectivity index (χ0n) is 14.3. The average molecular weight is 366 g/mol. The SMILES string of the molecule is CBr.CC.CC.c1ccc2c(c1)CNc1ccccc1OC2. The van der Waals surface area contributed by atoms with Gasteiger partial charge in [-0.2, -0.15) is 0 Å². The van der Waals surface area contributed by atoms with E-state index in [-0.39, 0.29) is 0 Å². The number of alkyl halides is 1. The molecular weight excluding hydrogens is 338 g/mol. The minimum absolute atomic E-state index is 0.648. The van der Waals surface area contributed by atoms with Crippen LogP contribution in [0.15, 0.2) is 48.5 Å². The largest absolute Gasteiger partial charge is 0.487 e. The minimum Gasteiger partial charge on any atom is -0.487 e. The van der Waals surface area contributed by atoms with Crippen molar-refractivity contribution in [2.24, 2.45) is 0 Å². The van der Waals surface area contributed by atoms with Crippen LogP contribution in [0.4, 0.5) is 5.69 Å². The third-order valence-corrected chi connectivity index (χ3v) is 2.86. The second-order valence-corrected chi connectivity index (χ2v) is 3.91. The van der Waals surface area contributed by atoms with Crippen molar-refractivity contribution in [3.05, 3.63) is 59.7 Å². The topological polar surface area (TPSA) is 21.3 Å². The molecule has 0 amide bonds. The molecule has 0 bridgehead atoms. The van der Waals surface area contributed by atoms with Crippen LogP contribution in [0.2, 0.25) is 0 Å². The summed E-state index contributed by atoms with van der Waals surface area (Å²) >= 11 is 2.94. The van der Waals surface area contributed by atoms with Gasteiger partial charge in [0.2, 0.25) is 0 Å². The maximum absolute atomic E-state index is 5.79. The first kappa shape index (κ1) is 20.5. The zero-order valence-corrected chi connectivity index (χ0v) is 15.9. The van der Waals surface area contributed by atoms with Gasteiger partial charge in [0.25, 0.3) is 0 Å². The number of hydrogen-bond donors (Lipinski definition) is 1. The lowest BCUT2D eigenvalue weighted by Crippen LogP contribution is -2.10. The number of halogens is 1. The van der Waals surface area contributed by atoms with Gasteiger partial charge in [0, 0.05) is 6.54 Å². The van der Waals surface area contributed by atoms with E-state index in [0.29, 0.717) is 6.61 Å². The number of para-hydroxylation sites is 2. The Bertz CT molecular complexity index is 421. The van der Waals surface area contributed by atoms with Gasteiger partial charge in [-0.3, -0.25) is 0 Å². The van der Waals surface area contributed by atoms with Crippen LogP contribution < -0.4 is 10.1 Å². The van der Waals surface area contributed by atoms with E-state index < -0.39 is 0 Å². The second kappa shape index (κ2) is 13.2. The molecule has 0 spiro atoms. The van der Waals surface area contributed by atoms with Crippen molar-refractivity contribution in [3.63, 3.8) is 0 Å². The predicted octanol–water partition coefficient (Wildman–Crippen LogP) is 6.25. The first-order valence-corrected chi connectivity index (χ1v) is 9.42. The molecule has 0 saturated carbocycles. The molecule has 1 heterocycles. The number of ether oxygens (including phenoxy) is 1. The molecule has 0 aliphatic carbocycles. The van der Waals surface area contributed by atoms with Crippen molar-refractivity contribution >= 4 is 21.6 Å². The van der Waals surface area contributed by atoms with Crippen molar-refractivity contribution < 1.29 is 4.74 Å². The van der Waals surface area contributed by atoms with Crippen molar-refractivity contribution in [1.82, 2.24) is 0 Å². The number of rotatable bonds is 0. The fraction of sp³-hybridized carbons (Fsp3) is 0.368. The highest BCUT2D eigenvalue weighted by Gasteiger charge is 2.09. The number of benzene rings is 2. The Morgan fingerprint density at radius 2 is 1.36 bits per heavy atom. The second-order valence-electron chi connectivity index (χ2n) is 3.91. The van der Waals surface area contributed by atoms with Crippen LogP contribution in [-0.2, 0) is 13.2 Å². The third-order valence-electron chi connectivity index (χ3n) is 2.86. The highest BCUT2D eigenvalue weighted by Crippen LogP contribution is 2.28. The molecule has 0 radical (unpaired) electrons. The molecule has 2 aromatic rings. The Balaban J connectivity index is 0.000000661. The van der Waals surface area contributed by atoms with Crippen LogP contribution in [0.3, 0.4) is 0 Å². The molecule has 3 heteroatoms. The van der Waals surface area contributed by atoms with Crippen molar-refractivity contribution in [3.8, 4) is 5.75 Å². The van der Waals surface area contributed by atoms with E-state index in [1.807, 2.05) is 57.8 Å². The summed E-state index contributed by atoms with van der Waals surface area (Å²) in [6, 6.07) is 16.4. The Kier molecular flexibility index (Phi) is 12.3. The normalized spacial score (nSPS) is 10.6. The summed E-state index contributed by atoms with van der Waals surface area (Å²) in [6.45, 7) is 9.51. The summed E-state index contributed by atoms with van der Waals surface area (Å²) < 4.78 is 5.79. The molecular formula is C19H28BrNO. The van der Waals surface area contributed by atoms with Crippen LogP contribution >= 0.6 is 15.9 Å². The van der Waals surface area contributed by atoms with Crippen molar-refractivity contribution in [2.75, 3.05) is 11.1 Å². The highest BCUT2D eigenvalue weighted by atomic mass is 79.9. The summed E-state index contributed by atoms with van der Waals surface area (Å²) in [5.41, 5.74) is 3.62. The molecule has 0 atom stereocenters. The van der Waals surface area contributed by atoms with Gasteiger partial charge in [-0.15, -0.1) is 0 Å². The van der Waals surface area contributed by atoms with Crippen LogP contribution in [0.5, 0.6) is 5.75 Å². The lowest BCUT2D eigenvalue weighted by molar-refractivity contribution is 0.305. The first-order chi connectivity index (χ1) is 10.9. The van der Waals surface area contributed by atoms with E-state index >= 15 is 0 Å². The number of anilines is 1. The molecule has 1 N–H and O–H groups in total. The molecule has 2 nitrogen and oxygen atoms in total. The quantitative estimate of drug-likeness (QED) is 0.556. The summed E-state index contributed by atoms with van der Waals surface area (Å²) in [5.74, 6) is 2.74. The Labute approximate surface area is 144 Å². The predicted molar refractivity (Wildman–Crippen MR) is 102 cm³/mol.